The normalized spacial score (nSPS) is 26.5. The zero-order valence-electron chi connectivity index (χ0n) is 20.1. The molecule has 3 heterocycles. The summed E-state index contributed by atoms with van der Waals surface area (Å²) in [6, 6.07) is 8.00. The van der Waals surface area contributed by atoms with E-state index in [0.717, 1.165) is 37.6 Å². The minimum absolute atomic E-state index is 0.129. The van der Waals surface area contributed by atoms with Crippen LogP contribution in [0.5, 0.6) is 5.75 Å². The quantitative estimate of drug-likeness (QED) is 0.539. The summed E-state index contributed by atoms with van der Waals surface area (Å²) in [4.78, 5) is 19.7. The Labute approximate surface area is 220 Å². The predicted octanol–water partition coefficient (Wildman–Crippen LogP) is 3.40. The number of amides is 1. The maximum absolute atomic E-state index is 11.6. The van der Waals surface area contributed by atoms with Crippen molar-refractivity contribution in [1.29, 1.82) is 0 Å². The molecule has 0 saturated carbocycles. The van der Waals surface area contributed by atoms with Crippen LogP contribution in [-0.2, 0) is 20.8 Å². The molecule has 9 nitrogen and oxygen atoms in total. The number of aromatic nitrogens is 3. The zero-order chi connectivity index (χ0) is 25.1. The van der Waals surface area contributed by atoms with Crippen LogP contribution >= 0.6 is 23.2 Å². The number of carbonyl (C=O) groups excluding carboxylic acids is 1. The SMILES string of the molecule is CC(=O)N1CCN(c2ccc(OCC3COC(Cn4cncn4)(C4CC=C(Cl)C=C4Cl)O3)cc2)CC1. The monoisotopic (exact) mass is 533 g/mol. The van der Waals surface area contributed by atoms with Gasteiger partial charge in [0.05, 0.1) is 19.1 Å². The molecule has 3 unspecified atom stereocenters. The highest BCUT2D eigenvalue weighted by atomic mass is 35.5. The number of ether oxygens (including phenoxy) is 3. The van der Waals surface area contributed by atoms with Crippen molar-refractivity contribution >= 4 is 34.8 Å². The van der Waals surface area contributed by atoms with Gasteiger partial charge < -0.3 is 24.0 Å². The van der Waals surface area contributed by atoms with E-state index in [0.29, 0.717) is 36.2 Å². The van der Waals surface area contributed by atoms with E-state index in [2.05, 4.69) is 15.0 Å². The van der Waals surface area contributed by atoms with Gasteiger partial charge in [-0.25, -0.2) is 9.67 Å². The van der Waals surface area contributed by atoms with E-state index in [1.165, 1.54) is 6.33 Å². The minimum atomic E-state index is -1.00. The molecule has 0 spiro atoms. The van der Waals surface area contributed by atoms with Crippen molar-refractivity contribution in [3.63, 3.8) is 0 Å². The average molecular weight is 534 g/mol. The van der Waals surface area contributed by atoms with Gasteiger partial charge in [-0.3, -0.25) is 4.79 Å². The maximum atomic E-state index is 11.6. The molecule has 192 valence electrons. The molecular weight excluding hydrogens is 505 g/mol. The first-order valence-corrected chi connectivity index (χ1v) is 12.8. The molecule has 2 fully saturated rings. The predicted molar refractivity (Wildman–Crippen MR) is 136 cm³/mol. The van der Waals surface area contributed by atoms with Crippen molar-refractivity contribution in [2.75, 3.05) is 44.3 Å². The molecule has 0 N–H and O–H groups in total. The summed E-state index contributed by atoms with van der Waals surface area (Å²) >= 11 is 12.7. The molecule has 1 aromatic carbocycles. The van der Waals surface area contributed by atoms with E-state index in [-0.39, 0.29) is 17.9 Å². The van der Waals surface area contributed by atoms with Crippen LogP contribution in [-0.4, -0.2) is 76.9 Å². The van der Waals surface area contributed by atoms with Gasteiger partial charge in [-0.05, 0) is 36.8 Å². The number of hydrogen-bond acceptors (Lipinski definition) is 7. The molecule has 1 aliphatic carbocycles. The third-order valence-electron chi connectivity index (χ3n) is 6.78. The van der Waals surface area contributed by atoms with E-state index in [1.54, 1.807) is 24.0 Å². The maximum Gasteiger partial charge on any atom is 0.219 e. The fourth-order valence-electron chi connectivity index (χ4n) is 4.83. The van der Waals surface area contributed by atoms with Crippen molar-refractivity contribution in [3.05, 3.63) is 59.1 Å². The van der Waals surface area contributed by atoms with Gasteiger partial charge in [0.1, 0.15) is 31.1 Å². The molecule has 36 heavy (non-hydrogen) atoms. The Bertz CT molecular complexity index is 1120. The number of allylic oxidation sites excluding steroid dienone is 3. The smallest absolute Gasteiger partial charge is 0.219 e. The zero-order valence-corrected chi connectivity index (χ0v) is 21.6. The van der Waals surface area contributed by atoms with Crippen molar-refractivity contribution in [2.24, 2.45) is 5.92 Å². The highest BCUT2D eigenvalue weighted by molar-refractivity contribution is 6.35. The summed E-state index contributed by atoms with van der Waals surface area (Å²) in [5, 5.41) is 5.42. The van der Waals surface area contributed by atoms with Crippen LogP contribution in [0, 0.1) is 5.92 Å². The molecule has 2 saturated heterocycles. The summed E-state index contributed by atoms with van der Waals surface area (Å²) in [6.45, 7) is 5.78. The molecule has 5 rings (SSSR count). The van der Waals surface area contributed by atoms with E-state index < -0.39 is 5.79 Å². The van der Waals surface area contributed by atoms with Crippen LogP contribution in [0.15, 0.2) is 59.1 Å². The van der Waals surface area contributed by atoms with Crippen LogP contribution in [0.4, 0.5) is 5.69 Å². The van der Waals surface area contributed by atoms with Crippen LogP contribution in [0.25, 0.3) is 0 Å². The Morgan fingerprint density at radius 1 is 1.19 bits per heavy atom. The lowest BCUT2D eigenvalue weighted by molar-refractivity contribution is -0.207. The first-order chi connectivity index (χ1) is 17.4. The fourth-order valence-corrected chi connectivity index (χ4v) is 5.46. The first kappa shape index (κ1) is 25.1. The number of piperazine rings is 1. The van der Waals surface area contributed by atoms with Gasteiger partial charge in [-0.1, -0.05) is 29.3 Å². The number of benzene rings is 1. The number of halogens is 2. The van der Waals surface area contributed by atoms with Gasteiger partial charge in [0, 0.05) is 48.9 Å². The third-order valence-corrected chi connectivity index (χ3v) is 7.42. The lowest BCUT2D eigenvalue weighted by Crippen LogP contribution is -2.48. The number of anilines is 1. The Kier molecular flexibility index (Phi) is 7.52. The van der Waals surface area contributed by atoms with Gasteiger partial charge in [-0.15, -0.1) is 0 Å². The Hall–Kier alpha value is -2.59. The molecule has 2 aromatic rings. The average Bonchev–Trinajstić information content (AvgIpc) is 3.54. The second-order valence-corrected chi connectivity index (χ2v) is 10.0. The standard InChI is InChI=1S/C25H29Cl2N5O4/c1-18(33)30-8-10-31(11-9-30)20-3-5-21(6-4-20)34-13-22-14-35-25(36-22,15-32-17-28-16-29-32)23-7-2-19(26)12-24(23)27/h2-6,12,16-17,22-23H,7-11,13-15H2,1H3. The lowest BCUT2D eigenvalue weighted by atomic mass is 9.90. The first-order valence-electron chi connectivity index (χ1n) is 12.0. The molecule has 1 amide bonds. The molecule has 1 aromatic heterocycles. The Morgan fingerprint density at radius 3 is 2.64 bits per heavy atom. The van der Waals surface area contributed by atoms with Crippen molar-refractivity contribution < 1.29 is 19.0 Å². The third kappa shape index (κ3) is 5.54. The fraction of sp³-hybridized carbons (Fsp3) is 0.480. The Morgan fingerprint density at radius 2 is 1.97 bits per heavy atom. The number of rotatable bonds is 7. The summed E-state index contributed by atoms with van der Waals surface area (Å²) in [6.07, 6.45) is 7.07. The molecule has 3 aliphatic rings. The van der Waals surface area contributed by atoms with Crippen molar-refractivity contribution in [2.45, 2.75) is 31.8 Å². The van der Waals surface area contributed by atoms with Gasteiger partial charge in [0.15, 0.2) is 5.79 Å². The molecule has 0 radical (unpaired) electrons. The molecule has 11 heteroatoms. The van der Waals surface area contributed by atoms with Gasteiger partial charge in [0.2, 0.25) is 5.91 Å². The van der Waals surface area contributed by atoms with Crippen LogP contribution in [0.3, 0.4) is 0 Å². The molecular formula is C25H29Cl2N5O4. The highest BCUT2D eigenvalue weighted by Crippen LogP contribution is 2.43. The van der Waals surface area contributed by atoms with E-state index in [1.807, 2.05) is 35.2 Å². The number of hydrogen-bond donors (Lipinski definition) is 0. The summed E-state index contributed by atoms with van der Waals surface area (Å²) in [7, 11) is 0. The number of nitrogens with zero attached hydrogens (tertiary/aromatic N) is 5. The van der Waals surface area contributed by atoms with Crippen LogP contribution in [0.2, 0.25) is 0 Å². The molecule has 3 atom stereocenters. The number of carbonyl (C=O) groups is 1. The minimum Gasteiger partial charge on any atom is -0.491 e. The largest absolute Gasteiger partial charge is 0.491 e. The van der Waals surface area contributed by atoms with E-state index in [9.17, 15) is 4.79 Å². The second-order valence-electron chi connectivity index (χ2n) is 9.16. The summed E-state index contributed by atoms with van der Waals surface area (Å²) in [5.41, 5.74) is 1.11. The van der Waals surface area contributed by atoms with Gasteiger partial charge in [0.25, 0.3) is 0 Å². The van der Waals surface area contributed by atoms with Gasteiger partial charge in [-0.2, -0.15) is 5.10 Å². The summed E-state index contributed by atoms with van der Waals surface area (Å²) in [5.74, 6) is -0.346. The highest BCUT2D eigenvalue weighted by Gasteiger charge is 2.50. The van der Waals surface area contributed by atoms with E-state index in [4.69, 9.17) is 37.4 Å². The van der Waals surface area contributed by atoms with Gasteiger partial charge >= 0.3 is 0 Å². The molecule has 2 aliphatic heterocycles. The van der Waals surface area contributed by atoms with E-state index >= 15 is 0 Å². The summed E-state index contributed by atoms with van der Waals surface area (Å²) < 4.78 is 20.5. The second kappa shape index (κ2) is 10.8. The topological polar surface area (TPSA) is 82.0 Å². The van der Waals surface area contributed by atoms with Crippen molar-refractivity contribution in [1.82, 2.24) is 19.7 Å². The van der Waals surface area contributed by atoms with Crippen LogP contribution in [0.1, 0.15) is 13.3 Å². The van der Waals surface area contributed by atoms with Crippen LogP contribution < -0.4 is 9.64 Å². The molecule has 0 bridgehead atoms. The van der Waals surface area contributed by atoms with Crippen molar-refractivity contribution in [3.8, 4) is 5.75 Å². The Balaban J connectivity index is 1.19. The lowest BCUT2D eigenvalue weighted by Gasteiger charge is -2.36.